The zero-order valence-electron chi connectivity index (χ0n) is 9.93. The van der Waals surface area contributed by atoms with Crippen LogP contribution in [0.2, 0.25) is 0 Å². The van der Waals surface area contributed by atoms with Crippen molar-refractivity contribution in [1.82, 2.24) is 9.55 Å². The van der Waals surface area contributed by atoms with Crippen molar-refractivity contribution in [2.75, 3.05) is 0 Å². The lowest BCUT2D eigenvalue weighted by Crippen LogP contribution is -2.10. The fraction of sp³-hybridized carbons (Fsp3) is 0.385. The highest BCUT2D eigenvalue weighted by molar-refractivity contribution is 7.12. The van der Waals surface area contributed by atoms with Gasteiger partial charge in [-0.1, -0.05) is 0 Å². The van der Waals surface area contributed by atoms with E-state index in [4.69, 9.17) is 5.11 Å². The summed E-state index contributed by atoms with van der Waals surface area (Å²) in [5.74, 6) is -0.839. The average molecular weight is 262 g/mol. The van der Waals surface area contributed by atoms with Gasteiger partial charge in [-0.15, -0.1) is 11.3 Å². The van der Waals surface area contributed by atoms with E-state index in [9.17, 15) is 4.79 Å². The Bertz CT molecular complexity index is 586. The minimum absolute atomic E-state index is 0.438. The third kappa shape index (κ3) is 1.95. The van der Waals surface area contributed by atoms with Gasteiger partial charge in [0, 0.05) is 5.69 Å². The first-order valence-corrected chi connectivity index (χ1v) is 6.96. The first-order valence-electron chi connectivity index (χ1n) is 6.08. The molecule has 0 saturated heterocycles. The lowest BCUT2D eigenvalue weighted by molar-refractivity contribution is 0.0701. The smallest absolute Gasteiger partial charge is 0.346 e. The molecule has 1 aliphatic rings. The molecule has 0 saturated carbocycles. The van der Waals surface area contributed by atoms with Crippen molar-refractivity contribution >= 4 is 17.3 Å². The van der Waals surface area contributed by atoms with Gasteiger partial charge in [-0.3, -0.25) is 0 Å². The molecule has 0 bridgehead atoms. The van der Waals surface area contributed by atoms with Gasteiger partial charge in [0.2, 0.25) is 0 Å². The number of carbonyl (C=O) groups is 1. The summed E-state index contributed by atoms with van der Waals surface area (Å²) in [6.07, 6.45) is 6.37. The molecule has 0 amide bonds. The van der Waals surface area contributed by atoms with E-state index in [2.05, 4.69) is 9.55 Å². The van der Waals surface area contributed by atoms with Gasteiger partial charge in [0.1, 0.15) is 4.88 Å². The van der Waals surface area contributed by atoms with Gasteiger partial charge >= 0.3 is 5.97 Å². The number of hydrogen-bond donors (Lipinski definition) is 1. The molecule has 0 fully saturated rings. The maximum atomic E-state index is 11.1. The predicted molar refractivity (Wildman–Crippen MR) is 69.2 cm³/mol. The normalized spacial score (nSPS) is 14.4. The highest BCUT2D eigenvalue weighted by Gasteiger charge is 2.17. The molecule has 0 radical (unpaired) electrons. The molecule has 1 aliphatic carbocycles. The summed E-state index contributed by atoms with van der Waals surface area (Å²) in [5.41, 5.74) is 3.34. The van der Waals surface area contributed by atoms with Crippen LogP contribution in [0.15, 0.2) is 17.8 Å². The summed E-state index contributed by atoms with van der Waals surface area (Å²) in [5, 5.41) is 10.9. The molecule has 2 heterocycles. The van der Waals surface area contributed by atoms with Gasteiger partial charge in [0.15, 0.2) is 0 Å². The Morgan fingerprint density at radius 3 is 3.11 bits per heavy atom. The monoisotopic (exact) mass is 262 g/mol. The lowest BCUT2D eigenvalue weighted by Gasteiger charge is -2.13. The van der Waals surface area contributed by atoms with Crippen LogP contribution in [0.5, 0.6) is 0 Å². The van der Waals surface area contributed by atoms with Gasteiger partial charge in [-0.2, -0.15) is 0 Å². The van der Waals surface area contributed by atoms with Crippen molar-refractivity contribution in [2.45, 2.75) is 32.2 Å². The van der Waals surface area contributed by atoms with Gasteiger partial charge in [0.25, 0.3) is 0 Å². The van der Waals surface area contributed by atoms with E-state index in [-0.39, 0.29) is 0 Å². The lowest BCUT2D eigenvalue weighted by atomic mass is 10.0. The van der Waals surface area contributed by atoms with Gasteiger partial charge in [-0.05, 0) is 42.7 Å². The number of rotatable bonds is 3. The summed E-state index contributed by atoms with van der Waals surface area (Å²) in [6.45, 7) is 0.619. The topological polar surface area (TPSA) is 55.1 Å². The Morgan fingerprint density at radius 2 is 2.28 bits per heavy atom. The quantitative estimate of drug-likeness (QED) is 0.925. The molecular formula is C13H14N2O2S. The van der Waals surface area contributed by atoms with Crippen LogP contribution in [0.1, 0.15) is 39.5 Å². The molecule has 0 atom stereocenters. The van der Waals surface area contributed by atoms with Crippen molar-refractivity contribution in [3.05, 3.63) is 39.6 Å². The van der Waals surface area contributed by atoms with E-state index in [1.807, 2.05) is 17.8 Å². The second-order valence-corrected chi connectivity index (χ2v) is 5.47. The first kappa shape index (κ1) is 11.5. The zero-order chi connectivity index (χ0) is 12.5. The van der Waals surface area contributed by atoms with E-state index in [0.717, 1.165) is 18.4 Å². The first-order chi connectivity index (χ1) is 8.75. The number of nitrogens with zero attached hydrogens (tertiary/aromatic N) is 2. The molecule has 5 heteroatoms. The Labute approximate surface area is 109 Å². The number of aromatic carboxylic acids is 1. The largest absolute Gasteiger partial charge is 0.477 e. The van der Waals surface area contributed by atoms with E-state index < -0.39 is 5.97 Å². The van der Waals surface area contributed by atoms with E-state index in [1.165, 1.54) is 35.6 Å². The SMILES string of the molecule is O=C(O)c1sccc1Cn1cnc2c1CCCC2. The fourth-order valence-corrected chi connectivity index (χ4v) is 3.25. The Kier molecular flexibility index (Phi) is 2.91. The molecule has 0 unspecified atom stereocenters. The molecular weight excluding hydrogens is 248 g/mol. The number of carboxylic acids is 1. The summed E-state index contributed by atoms with van der Waals surface area (Å²) < 4.78 is 2.10. The maximum absolute atomic E-state index is 11.1. The number of imidazole rings is 1. The number of hydrogen-bond acceptors (Lipinski definition) is 3. The number of thiophene rings is 1. The van der Waals surface area contributed by atoms with E-state index >= 15 is 0 Å². The van der Waals surface area contributed by atoms with E-state index in [0.29, 0.717) is 11.4 Å². The molecule has 0 spiro atoms. The number of aryl methyl sites for hydroxylation is 1. The zero-order valence-corrected chi connectivity index (χ0v) is 10.7. The third-order valence-electron chi connectivity index (χ3n) is 3.39. The maximum Gasteiger partial charge on any atom is 0.346 e. The van der Waals surface area contributed by atoms with Crippen molar-refractivity contribution in [3.63, 3.8) is 0 Å². The second-order valence-electron chi connectivity index (χ2n) is 4.55. The van der Waals surface area contributed by atoms with Crippen LogP contribution in [-0.4, -0.2) is 20.6 Å². The molecule has 4 nitrogen and oxygen atoms in total. The van der Waals surface area contributed by atoms with Crippen LogP contribution in [0, 0.1) is 0 Å². The summed E-state index contributed by atoms with van der Waals surface area (Å²) >= 11 is 1.28. The van der Waals surface area contributed by atoms with Crippen molar-refractivity contribution in [1.29, 1.82) is 0 Å². The molecule has 18 heavy (non-hydrogen) atoms. The molecule has 1 N–H and O–H groups in total. The minimum atomic E-state index is -0.839. The molecule has 2 aromatic rings. The van der Waals surface area contributed by atoms with Crippen molar-refractivity contribution in [3.8, 4) is 0 Å². The van der Waals surface area contributed by atoms with Crippen LogP contribution >= 0.6 is 11.3 Å². The second kappa shape index (κ2) is 4.57. The molecule has 94 valence electrons. The average Bonchev–Trinajstić information content (AvgIpc) is 2.97. The summed E-state index contributed by atoms with van der Waals surface area (Å²) in [6, 6.07) is 1.89. The van der Waals surface area contributed by atoms with Crippen LogP contribution < -0.4 is 0 Å². The van der Waals surface area contributed by atoms with Crippen molar-refractivity contribution in [2.24, 2.45) is 0 Å². The highest BCUT2D eigenvalue weighted by atomic mass is 32.1. The van der Waals surface area contributed by atoms with Crippen LogP contribution in [0.4, 0.5) is 0 Å². The molecule has 0 aromatic carbocycles. The Morgan fingerprint density at radius 1 is 1.44 bits per heavy atom. The number of fused-ring (bicyclic) bond motifs is 1. The predicted octanol–water partition coefficient (Wildman–Crippen LogP) is 2.57. The fourth-order valence-electron chi connectivity index (χ4n) is 2.50. The Balaban J connectivity index is 1.90. The van der Waals surface area contributed by atoms with Crippen LogP contribution in [-0.2, 0) is 19.4 Å². The summed E-state index contributed by atoms with van der Waals surface area (Å²) in [4.78, 5) is 16.0. The highest BCUT2D eigenvalue weighted by Crippen LogP contribution is 2.23. The molecule has 2 aromatic heterocycles. The number of carboxylic acid groups (broad SMARTS) is 1. The Hall–Kier alpha value is -1.62. The number of aromatic nitrogens is 2. The standard InChI is InChI=1S/C13H14N2O2S/c16-13(17)12-9(5-6-18-12)7-15-8-14-10-3-1-2-4-11(10)15/h5-6,8H,1-4,7H2,(H,16,17). The van der Waals surface area contributed by atoms with Crippen LogP contribution in [0.25, 0.3) is 0 Å². The van der Waals surface area contributed by atoms with Gasteiger partial charge < -0.3 is 9.67 Å². The van der Waals surface area contributed by atoms with Crippen LogP contribution in [0.3, 0.4) is 0 Å². The summed E-state index contributed by atoms with van der Waals surface area (Å²) in [7, 11) is 0. The van der Waals surface area contributed by atoms with Gasteiger partial charge in [-0.25, -0.2) is 9.78 Å². The molecule has 0 aliphatic heterocycles. The third-order valence-corrected chi connectivity index (χ3v) is 4.34. The minimum Gasteiger partial charge on any atom is -0.477 e. The molecule has 3 rings (SSSR count). The van der Waals surface area contributed by atoms with E-state index in [1.54, 1.807) is 0 Å². The van der Waals surface area contributed by atoms with Crippen molar-refractivity contribution < 1.29 is 9.90 Å². The van der Waals surface area contributed by atoms with Gasteiger partial charge in [0.05, 0.1) is 18.6 Å².